The van der Waals surface area contributed by atoms with Gasteiger partial charge in [-0.25, -0.2) is 0 Å². The molecule has 0 bridgehead atoms. The van der Waals surface area contributed by atoms with Crippen LogP contribution >= 0.6 is 24.8 Å². The molecule has 0 saturated carbocycles. The van der Waals surface area contributed by atoms with E-state index in [1.54, 1.807) is 0 Å². The second-order valence-electron chi connectivity index (χ2n) is 5.42. The molecule has 0 aliphatic rings. The number of benzene rings is 1. The fourth-order valence-corrected chi connectivity index (χ4v) is 2.27. The van der Waals surface area contributed by atoms with E-state index in [1.165, 1.54) is 11.1 Å². The Morgan fingerprint density at radius 2 is 1.25 bits per heavy atom. The number of hydrogen-bond donors (Lipinski definition) is 2. The first kappa shape index (κ1) is 22.0. The first-order chi connectivity index (χ1) is 8.56. The van der Waals surface area contributed by atoms with Crippen molar-refractivity contribution < 1.29 is 0 Å². The minimum atomic E-state index is 0. The highest BCUT2D eigenvalue weighted by atomic mass is 35.5. The van der Waals surface area contributed by atoms with E-state index < -0.39 is 0 Å². The maximum atomic E-state index is 6.12. The first-order valence-corrected chi connectivity index (χ1v) is 7.14. The molecule has 20 heavy (non-hydrogen) atoms. The van der Waals surface area contributed by atoms with Crippen molar-refractivity contribution in [2.75, 3.05) is 0 Å². The minimum Gasteiger partial charge on any atom is -0.328 e. The number of hydrogen-bond acceptors (Lipinski definition) is 2. The third kappa shape index (κ3) is 7.49. The second-order valence-corrected chi connectivity index (χ2v) is 5.42. The molecule has 118 valence electrons. The lowest BCUT2D eigenvalue weighted by molar-refractivity contribution is 0.447. The predicted molar refractivity (Wildman–Crippen MR) is 94.2 cm³/mol. The van der Waals surface area contributed by atoms with E-state index in [9.17, 15) is 0 Å². The van der Waals surface area contributed by atoms with Gasteiger partial charge < -0.3 is 11.5 Å². The summed E-state index contributed by atoms with van der Waals surface area (Å²) < 4.78 is 0. The van der Waals surface area contributed by atoms with Gasteiger partial charge >= 0.3 is 0 Å². The van der Waals surface area contributed by atoms with Gasteiger partial charge in [0.1, 0.15) is 0 Å². The molecule has 0 aliphatic heterocycles. The zero-order valence-corrected chi connectivity index (χ0v) is 14.5. The molecule has 2 unspecified atom stereocenters. The Hall–Kier alpha value is -0.280. The average molecular weight is 321 g/mol. The highest BCUT2D eigenvalue weighted by Crippen LogP contribution is 2.27. The summed E-state index contributed by atoms with van der Waals surface area (Å²) in [5.41, 5.74) is 14.9. The van der Waals surface area contributed by atoms with Crippen LogP contribution in [0.3, 0.4) is 0 Å². The Morgan fingerprint density at radius 3 is 1.60 bits per heavy atom. The zero-order valence-electron chi connectivity index (χ0n) is 12.8. The number of nitrogens with two attached hydrogens (primary N) is 2. The molecule has 1 rings (SSSR count). The van der Waals surface area contributed by atoms with Crippen LogP contribution in [0.15, 0.2) is 24.3 Å². The van der Waals surface area contributed by atoms with E-state index in [0.717, 1.165) is 25.7 Å². The van der Waals surface area contributed by atoms with Crippen molar-refractivity contribution in [3.8, 4) is 0 Å². The standard InChI is InChI=1S/C16H28N2.2ClH/c1-4-15(17)10-14(11-16(18)5-2)13-8-6-12(3)7-9-13;;/h6-9,14-16H,4-5,10-11,17-18H2,1-3H3;2*1H. The summed E-state index contributed by atoms with van der Waals surface area (Å²) in [5.74, 6) is 0.496. The Kier molecular flexibility index (Phi) is 12.5. The SMILES string of the molecule is CCC(N)CC(CC(N)CC)c1ccc(C)cc1.Cl.Cl. The van der Waals surface area contributed by atoms with E-state index in [1.807, 2.05) is 0 Å². The first-order valence-electron chi connectivity index (χ1n) is 7.14. The maximum Gasteiger partial charge on any atom is 0.00420 e. The van der Waals surface area contributed by atoms with Crippen molar-refractivity contribution in [3.63, 3.8) is 0 Å². The van der Waals surface area contributed by atoms with Crippen LogP contribution in [-0.4, -0.2) is 12.1 Å². The fraction of sp³-hybridized carbons (Fsp3) is 0.625. The fourth-order valence-electron chi connectivity index (χ4n) is 2.27. The van der Waals surface area contributed by atoms with Crippen LogP contribution in [0.1, 0.15) is 56.6 Å². The zero-order chi connectivity index (χ0) is 13.5. The molecule has 2 nitrogen and oxygen atoms in total. The maximum absolute atomic E-state index is 6.12. The van der Waals surface area contributed by atoms with E-state index in [2.05, 4.69) is 45.0 Å². The van der Waals surface area contributed by atoms with Crippen LogP contribution < -0.4 is 11.5 Å². The highest BCUT2D eigenvalue weighted by molar-refractivity contribution is 5.85. The number of halogens is 2. The van der Waals surface area contributed by atoms with E-state index in [-0.39, 0.29) is 36.9 Å². The summed E-state index contributed by atoms with van der Waals surface area (Å²) >= 11 is 0. The van der Waals surface area contributed by atoms with Crippen LogP contribution in [-0.2, 0) is 0 Å². The molecular formula is C16H30Cl2N2. The Balaban J connectivity index is 0. The molecule has 0 aliphatic carbocycles. The molecule has 1 aromatic rings. The number of aryl methyl sites for hydroxylation is 1. The van der Waals surface area contributed by atoms with Gasteiger partial charge in [0.2, 0.25) is 0 Å². The van der Waals surface area contributed by atoms with Crippen LogP contribution in [0.2, 0.25) is 0 Å². The normalized spacial score (nSPS) is 14.7. The average Bonchev–Trinajstić information content (AvgIpc) is 2.38. The lowest BCUT2D eigenvalue weighted by atomic mass is 9.85. The summed E-state index contributed by atoms with van der Waals surface area (Å²) in [6, 6.07) is 9.37. The Morgan fingerprint density at radius 1 is 0.850 bits per heavy atom. The van der Waals surface area contributed by atoms with Gasteiger partial charge in [-0.15, -0.1) is 24.8 Å². The monoisotopic (exact) mass is 320 g/mol. The van der Waals surface area contributed by atoms with Crippen molar-refractivity contribution in [1.82, 2.24) is 0 Å². The molecule has 0 amide bonds. The molecule has 0 aromatic heterocycles. The molecule has 0 saturated heterocycles. The lowest BCUT2D eigenvalue weighted by Crippen LogP contribution is -2.27. The van der Waals surface area contributed by atoms with Gasteiger partial charge in [-0.1, -0.05) is 43.7 Å². The van der Waals surface area contributed by atoms with E-state index in [0.29, 0.717) is 5.92 Å². The highest BCUT2D eigenvalue weighted by Gasteiger charge is 2.17. The molecule has 0 radical (unpaired) electrons. The van der Waals surface area contributed by atoms with Gasteiger partial charge in [-0.2, -0.15) is 0 Å². The van der Waals surface area contributed by atoms with Gasteiger partial charge in [0.25, 0.3) is 0 Å². The second kappa shape index (κ2) is 11.4. The largest absolute Gasteiger partial charge is 0.328 e. The topological polar surface area (TPSA) is 52.0 Å². The lowest BCUT2D eigenvalue weighted by Gasteiger charge is -2.23. The Labute approximate surface area is 136 Å². The van der Waals surface area contributed by atoms with Gasteiger partial charge in [-0.05, 0) is 44.1 Å². The van der Waals surface area contributed by atoms with Gasteiger partial charge in [0.05, 0.1) is 0 Å². The molecule has 4 N–H and O–H groups in total. The smallest absolute Gasteiger partial charge is 0.00420 e. The molecule has 1 aromatic carbocycles. The summed E-state index contributed by atoms with van der Waals surface area (Å²) in [6.07, 6.45) is 4.13. The van der Waals surface area contributed by atoms with Gasteiger partial charge in [0, 0.05) is 12.1 Å². The van der Waals surface area contributed by atoms with E-state index in [4.69, 9.17) is 11.5 Å². The van der Waals surface area contributed by atoms with Crippen molar-refractivity contribution in [2.24, 2.45) is 11.5 Å². The molecular weight excluding hydrogens is 291 g/mol. The molecule has 0 fully saturated rings. The van der Waals surface area contributed by atoms with Crippen molar-refractivity contribution in [1.29, 1.82) is 0 Å². The van der Waals surface area contributed by atoms with E-state index >= 15 is 0 Å². The molecule has 2 atom stereocenters. The molecule has 0 heterocycles. The van der Waals surface area contributed by atoms with Crippen molar-refractivity contribution in [2.45, 2.75) is 64.5 Å². The summed E-state index contributed by atoms with van der Waals surface area (Å²) in [4.78, 5) is 0. The van der Waals surface area contributed by atoms with Crippen LogP contribution in [0.5, 0.6) is 0 Å². The van der Waals surface area contributed by atoms with Crippen LogP contribution in [0.25, 0.3) is 0 Å². The Bertz CT molecular complexity index is 329. The third-order valence-corrected chi connectivity index (χ3v) is 3.77. The van der Waals surface area contributed by atoms with Crippen LogP contribution in [0.4, 0.5) is 0 Å². The van der Waals surface area contributed by atoms with Crippen molar-refractivity contribution in [3.05, 3.63) is 35.4 Å². The quantitative estimate of drug-likeness (QED) is 0.791. The predicted octanol–water partition coefficient (Wildman–Crippen LogP) is 4.18. The van der Waals surface area contributed by atoms with Crippen molar-refractivity contribution >= 4 is 24.8 Å². The van der Waals surface area contributed by atoms with Crippen LogP contribution in [0, 0.1) is 6.92 Å². The van der Waals surface area contributed by atoms with Gasteiger partial charge in [0.15, 0.2) is 0 Å². The van der Waals surface area contributed by atoms with Gasteiger partial charge in [-0.3, -0.25) is 0 Å². The third-order valence-electron chi connectivity index (χ3n) is 3.77. The summed E-state index contributed by atoms with van der Waals surface area (Å²) in [6.45, 7) is 6.42. The molecule has 4 heteroatoms. The summed E-state index contributed by atoms with van der Waals surface area (Å²) in [7, 11) is 0. The molecule has 0 spiro atoms. The summed E-state index contributed by atoms with van der Waals surface area (Å²) in [5, 5.41) is 0. The number of rotatable bonds is 7. The minimum absolute atomic E-state index is 0.